The zero-order valence-electron chi connectivity index (χ0n) is 19.9. The molecule has 2 N–H and O–H groups in total. The SMILES string of the molecule is O=C(NCC1CCC(n2cc3ccc(-c4ccn5ccnc5c4)cc3n2)CC1)c1cc(F)c(O)c(F)c1. The monoisotopic (exact) mass is 501 g/mol. The summed E-state index contributed by atoms with van der Waals surface area (Å²) in [6.07, 6.45) is 11.5. The zero-order valence-corrected chi connectivity index (χ0v) is 19.9. The van der Waals surface area contributed by atoms with E-state index < -0.39 is 23.3 Å². The number of imidazole rings is 1. The summed E-state index contributed by atoms with van der Waals surface area (Å²) in [5, 5.41) is 17.9. The molecule has 188 valence electrons. The lowest BCUT2D eigenvalue weighted by Crippen LogP contribution is -2.31. The number of carbonyl (C=O) groups is 1. The molecule has 0 saturated heterocycles. The molecule has 1 amide bonds. The van der Waals surface area contributed by atoms with E-state index in [9.17, 15) is 18.7 Å². The van der Waals surface area contributed by atoms with Gasteiger partial charge in [-0.05, 0) is 73.1 Å². The van der Waals surface area contributed by atoms with Gasteiger partial charge in [0.05, 0.1) is 11.6 Å². The summed E-state index contributed by atoms with van der Waals surface area (Å²) in [6, 6.07) is 12.4. The summed E-state index contributed by atoms with van der Waals surface area (Å²) in [4.78, 5) is 16.7. The minimum atomic E-state index is -1.15. The van der Waals surface area contributed by atoms with Crippen molar-refractivity contribution < 1.29 is 18.7 Å². The summed E-state index contributed by atoms with van der Waals surface area (Å²) in [5.74, 6) is -3.65. The molecule has 1 aliphatic rings. The minimum Gasteiger partial charge on any atom is -0.503 e. The van der Waals surface area contributed by atoms with Gasteiger partial charge in [0.1, 0.15) is 5.65 Å². The number of carbonyl (C=O) groups excluding carboxylic acids is 1. The third-order valence-electron chi connectivity index (χ3n) is 7.28. The highest BCUT2D eigenvalue weighted by Crippen LogP contribution is 2.33. The maximum Gasteiger partial charge on any atom is 0.251 e. The van der Waals surface area contributed by atoms with Gasteiger partial charge in [-0.3, -0.25) is 9.48 Å². The second-order valence-electron chi connectivity index (χ2n) is 9.66. The van der Waals surface area contributed by atoms with E-state index >= 15 is 0 Å². The summed E-state index contributed by atoms with van der Waals surface area (Å²) in [5.41, 5.74) is 3.89. The quantitative estimate of drug-likeness (QED) is 0.333. The minimum absolute atomic E-state index is 0.145. The van der Waals surface area contributed by atoms with Gasteiger partial charge in [0.2, 0.25) is 0 Å². The van der Waals surface area contributed by atoms with Crippen molar-refractivity contribution >= 4 is 22.5 Å². The number of nitrogens with one attached hydrogen (secondary N) is 1. The molecule has 1 saturated carbocycles. The zero-order chi connectivity index (χ0) is 25.5. The molecule has 3 aromatic heterocycles. The highest BCUT2D eigenvalue weighted by molar-refractivity contribution is 5.94. The molecule has 0 atom stereocenters. The van der Waals surface area contributed by atoms with Crippen LogP contribution in [-0.2, 0) is 0 Å². The van der Waals surface area contributed by atoms with Crippen molar-refractivity contribution in [2.24, 2.45) is 5.92 Å². The number of hydrogen-bond donors (Lipinski definition) is 2. The highest BCUT2D eigenvalue weighted by Gasteiger charge is 2.24. The first-order valence-corrected chi connectivity index (χ1v) is 12.3. The van der Waals surface area contributed by atoms with Gasteiger partial charge in [-0.1, -0.05) is 12.1 Å². The van der Waals surface area contributed by atoms with Gasteiger partial charge in [-0.15, -0.1) is 0 Å². The van der Waals surface area contributed by atoms with E-state index in [1.807, 2.05) is 16.8 Å². The molecule has 0 bridgehead atoms. The van der Waals surface area contributed by atoms with Crippen molar-refractivity contribution in [1.82, 2.24) is 24.5 Å². The molecular weight excluding hydrogens is 476 g/mol. The fourth-order valence-corrected chi connectivity index (χ4v) is 5.14. The molecular formula is C28H25F2N5O2. The number of amides is 1. The summed E-state index contributed by atoms with van der Waals surface area (Å²) >= 11 is 0. The van der Waals surface area contributed by atoms with E-state index in [1.165, 1.54) is 0 Å². The van der Waals surface area contributed by atoms with Gasteiger partial charge in [0.15, 0.2) is 17.4 Å². The first-order chi connectivity index (χ1) is 17.9. The van der Waals surface area contributed by atoms with E-state index in [1.54, 1.807) is 6.20 Å². The lowest BCUT2D eigenvalue weighted by molar-refractivity contribution is 0.0940. The van der Waals surface area contributed by atoms with Crippen LogP contribution >= 0.6 is 0 Å². The molecule has 3 heterocycles. The smallest absolute Gasteiger partial charge is 0.251 e. The van der Waals surface area contributed by atoms with Crippen LogP contribution in [0.2, 0.25) is 0 Å². The largest absolute Gasteiger partial charge is 0.503 e. The lowest BCUT2D eigenvalue weighted by atomic mass is 9.86. The van der Waals surface area contributed by atoms with Crippen LogP contribution in [-0.4, -0.2) is 36.7 Å². The predicted octanol–water partition coefficient (Wildman–Crippen LogP) is 5.50. The van der Waals surface area contributed by atoms with Crippen molar-refractivity contribution in [2.45, 2.75) is 31.7 Å². The van der Waals surface area contributed by atoms with Crippen LogP contribution in [0.1, 0.15) is 42.1 Å². The highest BCUT2D eigenvalue weighted by atomic mass is 19.1. The van der Waals surface area contributed by atoms with Gasteiger partial charge >= 0.3 is 0 Å². The van der Waals surface area contributed by atoms with E-state index in [2.05, 4.69) is 51.5 Å². The molecule has 6 rings (SSSR count). The maximum absolute atomic E-state index is 13.5. The molecule has 9 heteroatoms. The number of halogens is 2. The van der Waals surface area contributed by atoms with Crippen molar-refractivity contribution in [3.63, 3.8) is 0 Å². The van der Waals surface area contributed by atoms with E-state index in [4.69, 9.17) is 5.10 Å². The Morgan fingerprint density at radius 1 is 1.00 bits per heavy atom. The van der Waals surface area contributed by atoms with Crippen LogP contribution in [0.15, 0.2) is 67.3 Å². The average Bonchev–Trinajstić information content (AvgIpc) is 3.56. The number of phenolic OH excluding ortho intramolecular Hbond substituents is 1. The number of pyridine rings is 1. The van der Waals surface area contributed by atoms with Crippen LogP contribution in [0.5, 0.6) is 5.75 Å². The Morgan fingerprint density at radius 3 is 2.54 bits per heavy atom. The molecule has 0 unspecified atom stereocenters. The fraction of sp³-hybridized carbons (Fsp3) is 0.250. The number of phenols is 1. The fourth-order valence-electron chi connectivity index (χ4n) is 5.14. The molecule has 0 aliphatic heterocycles. The number of rotatable bonds is 5. The van der Waals surface area contributed by atoms with Crippen LogP contribution in [0, 0.1) is 17.6 Å². The molecule has 7 nitrogen and oxygen atoms in total. The van der Waals surface area contributed by atoms with Gasteiger partial charge < -0.3 is 14.8 Å². The first kappa shape index (κ1) is 23.1. The van der Waals surface area contributed by atoms with Crippen molar-refractivity contribution in [2.75, 3.05) is 6.54 Å². The topological polar surface area (TPSA) is 84.5 Å². The molecule has 1 fully saturated rings. The summed E-state index contributed by atoms with van der Waals surface area (Å²) < 4.78 is 31.1. The van der Waals surface area contributed by atoms with Crippen LogP contribution in [0.4, 0.5) is 8.78 Å². The molecule has 37 heavy (non-hydrogen) atoms. The Balaban J connectivity index is 1.08. The number of hydrogen-bond acceptors (Lipinski definition) is 4. The molecule has 1 aliphatic carbocycles. The Morgan fingerprint density at radius 2 is 1.76 bits per heavy atom. The molecule has 0 radical (unpaired) electrons. The van der Waals surface area contributed by atoms with Crippen LogP contribution in [0.3, 0.4) is 0 Å². The molecule has 2 aromatic carbocycles. The second-order valence-corrected chi connectivity index (χ2v) is 9.66. The van der Waals surface area contributed by atoms with Crippen molar-refractivity contribution in [1.29, 1.82) is 0 Å². The third-order valence-corrected chi connectivity index (χ3v) is 7.28. The number of fused-ring (bicyclic) bond motifs is 2. The van der Waals surface area contributed by atoms with Crippen molar-refractivity contribution in [3.05, 3.63) is 84.4 Å². The third kappa shape index (κ3) is 4.52. The summed E-state index contributed by atoms with van der Waals surface area (Å²) in [7, 11) is 0. The summed E-state index contributed by atoms with van der Waals surface area (Å²) in [6.45, 7) is 0.432. The number of aromatic hydroxyl groups is 1. The van der Waals surface area contributed by atoms with Crippen molar-refractivity contribution in [3.8, 4) is 16.9 Å². The standard InChI is InChI=1S/C28H25F2N5O2/c29-23-11-21(12-24(30)27(23)36)28(37)32-15-17-1-5-22(6-2-17)35-16-20-4-3-18(13-25(20)33-35)19-7-9-34-10-8-31-26(34)14-19/h3-4,7-14,16-17,22,36H,1-2,5-6,15H2,(H,32,37). The Hall–Kier alpha value is -4.27. The van der Waals surface area contributed by atoms with Crippen LogP contribution in [0.25, 0.3) is 27.7 Å². The van der Waals surface area contributed by atoms with Gasteiger partial charge in [0.25, 0.3) is 5.91 Å². The maximum atomic E-state index is 13.5. The lowest BCUT2D eigenvalue weighted by Gasteiger charge is -2.28. The van der Waals surface area contributed by atoms with Gasteiger partial charge in [-0.25, -0.2) is 13.8 Å². The first-order valence-electron chi connectivity index (χ1n) is 12.3. The van der Waals surface area contributed by atoms with Gasteiger partial charge in [-0.2, -0.15) is 5.10 Å². The molecule has 5 aromatic rings. The number of benzene rings is 2. The Kier molecular flexibility index (Phi) is 5.82. The second kappa shape index (κ2) is 9.31. The number of aromatic nitrogens is 4. The number of nitrogens with zero attached hydrogens (tertiary/aromatic N) is 4. The van der Waals surface area contributed by atoms with E-state index in [0.29, 0.717) is 6.54 Å². The van der Waals surface area contributed by atoms with Crippen LogP contribution < -0.4 is 5.32 Å². The Bertz CT molecular complexity index is 1590. The Labute approximate surface area is 211 Å². The van der Waals surface area contributed by atoms with E-state index in [-0.39, 0.29) is 17.5 Å². The normalized spacial score (nSPS) is 17.9. The molecule has 0 spiro atoms. The van der Waals surface area contributed by atoms with E-state index in [0.717, 1.165) is 65.5 Å². The average molecular weight is 502 g/mol. The van der Waals surface area contributed by atoms with Gasteiger partial charge in [0, 0.05) is 42.3 Å². The predicted molar refractivity (Wildman–Crippen MR) is 135 cm³/mol.